The molecule has 122 valence electrons. The summed E-state index contributed by atoms with van der Waals surface area (Å²) >= 11 is 11.8. The molecule has 4 N–H and O–H groups in total. The Kier molecular flexibility index (Phi) is 5.03. The highest BCUT2D eigenvalue weighted by Gasteiger charge is 2.16. The van der Waals surface area contributed by atoms with Gasteiger partial charge in [0.25, 0.3) is 15.9 Å². The van der Waals surface area contributed by atoms with Gasteiger partial charge in [-0.3, -0.25) is 9.52 Å². The normalized spacial score (nSPS) is 11.1. The Labute approximate surface area is 143 Å². The number of nitrogens with two attached hydrogens (primary N) is 1. The maximum absolute atomic E-state index is 12.3. The number of anilines is 2. The smallest absolute Gasteiger partial charge is 0.261 e. The summed E-state index contributed by atoms with van der Waals surface area (Å²) in [4.78, 5) is 11.4. The zero-order valence-electron chi connectivity index (χ0n) is 11.9. The molecule has 9 heteroatoms. The van der Waals surface area contributed by atoms with Gasteiger partial charge in [0.05, 0.1) is 26.3 Å². The van der Waals surface area contributed by atoms with Crippen molar-refractivity contribution >= 4 is 50.5 Å². The van der Waals surface area contributed by atoms with Gasteiger partial charge in [-0.1, -0.05) is 23.2 Å². The molecule has 0 aliphatic heterocycles. The number of sulfonamides is 1. The van der Waals surface area contributed by atoms with Gasteiger partial charge in [0.15, 0.2) is 0 Å². The van der Waals surface area contributed by atoms with E-state index in [9.17, 15) is 13.2 Å². The summed E-state index contributed by atoms with van der Waals surface area (Å²) in [5.41, 5.74) is 6.31. The first kappa shape index (κ1) is 17.4. The molecule has 2 aromatic rings. The first-order valence-corrected chi connectivity index (χ1v) is 8.58. The van der Waals surface area contributed by atoms with Crippen molar-refractivity contribution in [3.63, 3.8) is 0 Å². The van der Waals surface area contributed by atoms with Crippen molar-refractivity contribution in [2.75, 3.05) is 17.5 Å². The average Bonchev–Trinajstić information content (AvgIpc) is 2.51. The Morgan fingerprint density at radius 2 is 1.61 bits per heavy atom. The van der Waals surface area contributed by atoms with E-state index in [1.807, 2.05) is 0 Å². The zero-order valence-corrected chi connectivity index (χ0v) is 14.3. The summed E-state index contributed by atoms with van der Waals surface area (Å²) in [6.45, 7) is 0. The molecule has 0 bridgehead atoms. The fourth-order valence-corrected chi connectivity index (χ4v) is 3.31. The molecular formula is C14H13Cl2N3O3S. The summed E-state index contributed by atoms with van der Waals surface area (Å²) in [6, 6.07) is 8.20. The third kappa shape index (κ3) is 3.87. The number of hydrogen-bond donors (Lipinski definition) is 3. The highest BCUT2D eigenvalue weighted by Crippen LogP contribution is 2.32. The lowest BCUT2D eigenvalue weighted by Crippen LogP contribution is -2.18. The summed E-state index contributed by atoms with van der Waals surface area (Å²) in [6.07, 6.45) is 0. The maximum Gasteiger partial charge on any atom is 0.261 e. The van der Waals surface area contributed by atoms with Crippen molar-refractivity contribution in [1.29, 1.82) is 0 Å². The highest BCUT2D eigenvalue weighted by molar-refractivity contribution is 7.92. The van der Waals surface area contributed by atoms with Crippen LogP contribution >= 0.6 is 23.2 Å². The van der Waals surface area contributed by atoms with Gasteiger partial charge in [-0.2, -0.15) is 0 Å². The Morgan fingerprint density at radius 3 is 2.09 bits per heavy atom. The standard InChI is InChI=1S/C14H13Cl2N3O3S/c1-18-14(20)8-2-4-10(5-3-8)23(21,22)19-9-6-11(15)13(17)12(16)7-9/h2-7,19H,17H2,1H3,(H,18,20). The van der Waals surface area contributed by atoms with E-state index >= 15 is 0 Å². The lowest BCUT2D eigenvalue weighted by Gasteiger charge is -2.11. The van der Waals surface area contributed by atoms with E-state index in [4.69, 9.17) is 28.9 Å². The van der Waals surface area contributed by atoms with Gasteiger partial charge in [-0.15, -0.1) is 0 Å². The van der Waals surface area contributed by atoms with E-state index in [1.54, 1.807) is 0 Å². The molecule has 0 unspecified atom stereocenters. The minimum absolute atomic E-state index is 0.00535. The summed E-state index contributed by atoms with van der Waals surface area (Å²) in [5.74, 6) is -0.306. The highest BCUT2D eigenvalue weighted by atomic mass is 35.5. The molecule has 0 saturated carbocycles. The van der Waals surface area contributed by atoms with Crippen molar-refractivity contribution in [3.8, 4) is 0 Å². The van der Waals surface area contributed by atoms with E-state index in [1.165, 1.54) is 43.4 Å². The topological polar surface area (TPSA) is 101 Å². The van der Waals surface area contributed by atoms with Crippen LogP contribution in [0.25, 0.3) is 0 Å². The van der Waals surface area contributed by atoms with E-state index in [0.29, 0.717) is 5.56 Å². The quantitative estimate of drug-likeness (QED) is 0.717. The molecule has 0 atom stereocenters. The van der Waals surface area contributed by atoms with Gasteiger partial charge in [-0.05, 0) is 36.4 Å². The van der Waals surface area contributed by atoms with Gasteiger partial charge in [0.1, 0.15) is 0 Å². The number of halogens is 2. The van der Waals surface area contributed by atoms with Gasteiger partial charge in [0, 0.05) is 12.6 Å². The van der Waals surface area contributed by atoms with E-state index in [0.717, 1.165) is 0 Å². The number of rotatable bonds is 4. The van der Waals surface area contributed by atoms with Crippen LogP contribution in [0, 0.1) is 0 Å². The maximum atomic E-state index is 12.3. The fourth-order valence-electron chi connectivity index (χ4n) is 1.79. The predicted octanol–water partition coefficient (Wildman–Crippen LogP) is 2.74. The SMILES string of the molecule is CNC(=O)c1ccc(S(=O)(=O)Nc2cc(Cl)c(N)c(Cl)c2)cc1. The van der Waals surface area contributed by atoms with Crippen molar-refractivity contribution in [2.45, 2.75) is 4.90 Å². The third-order valence-electron chi connectivity index (χ3n) is 2.99. The van der Waals surface area contributed by atoms with E-state index < -0.39 is 10.0 Å². The Balaban J connectivity index is 2.30. The minimum Gasteiger partial charge on any atom is -0.396 e. The second kappa shape index (κ2) is 6.66. The number of nitrogen functional groups attached to an aromatic ring is 1. The molecule has 0 aromatic heterocycles. The first-order valence-electron chi connectivity index (χ1n) is 6.34. The van der Waals surface area contributed by atoms with Crippen LogP contribution in [-0.2, 0) is 10.0 Å². The molecule has 23 heavy (non-hydrogen) atoms. The zero-order chi connectivity index (χ0) is 17.2. The first-order chi connectivity index (χ1) is 10.7. The van der Waals surface area contributed by atoms with E-state index in [-0.39, 0.29) is 32.2 Å². The van der Waals surface area contributed by atoms with Crippen molar-refractivity contribution in [1.82, 2.24) is 5.32 Å². The molecule has 0 radical (unpaired) electrons. The van der Waals surface area contributed by atoms with Crippen LogP contribution in [0.4, 0.5) is 11.4 Å². The number of carbonyl (C=O) groups excluding carboxylic acids is 1. The second-order valence-corrected chi connectivity index (χ2v) is 7.06. The number of hydrogen-bond acceptors (Lipinski definition) is 4. The Hall–Kier alpha value is -1.96. The molecular weight excluding hydrogens is 361 g/mol. The van der Waals surface area contributed by atoms with E-state index in [2.05, 4.69) is 10.0 Å². The van der Waals surface area contributed by atoms with Crippen LogP contribution in [-0.4, -0.2) is 21.4 Å². The molecule has 0 saturated heterocycles. The molecule has 2 rings (SSSR count). The summed E-state index contributed by atoms with van der Waals surface area (Å²) in [5, 5.41) is 2.74. The lowest BCUT2D eigenvalue weighted by molar-refractivity contribution is 0.0963. The molecule has 0 spiro atoms. The van der Waals surface area contributed by atoms with Crippen LogP contribution in [0.1, 0.15) is 10.4 Å². The number of carbonyl (C=O) groups is 1. The number of benzene rings is 2. The van der Waals surface area contributed by atoms with Crippen LogP contribution < -0.4 is 15.8 Å². The molecule has 0 aliphatic carbocycles. The molecule has 0 heterocycles. The van der Waals surface area contributed by atoms with Crippen molar-refractivity contribution in [3.05, 3.63) is 52.0 Å². The number of amides is 1. The van der Waals surface area contributed by atoms with Crippen molar-refractivity contribution in [2.24, 2.45) is 0 Å². The number of nitrogens with one attached hydrogen (secondary N) is 2. The van der Waals surface area contributed by atoms with Crippen LogP contribution in [0.3, 0.4) is 0 Å². The fraction of sp³-hybridized carbons (Fsp3) is 0.0714. The molecule has 6 nitrogen and oxygen atoms in total. The monoisotopic (exact) mass is 373 g/mol. The predicted molar refractivity (Wildman–Crippen MR) is 91.5 cm³/mol. The van der Waals surface area contributed by atoms with Crippen LogP contribution in [0.2, 0.25) is 10.0 Å². The largest absolute Gasteiger partial charge is 0.396 e. The van der Waals surface area contributed by atoms with Gasteiger partial charge < -0.3 is 11.1 Å². The molecule has 0 fully saturated rings. The van der Waals surface area contributed by atoms with Gasteiger partial charge in [0.2, 0.25) is 0 Å². The average molecular weight is 374 g/mol. The Bertz CT molecular complexity index is 829. The second-order valence-electron chi connectivity index (χ2n) is 4.56. The summed E-state index contributed by atoms with van der Waals surface area (Å²) < 4.78 is 27.0. The minimum atomic E-state index is -3.85. The lowest BCUT2D eigenvalue weighted by atomic mass is 10.2. The molecule has 0 aliphatic rings. The van der Waals surface area contributed by atoms with Crippen LogP contribution in [0.5, 0.6) is 0 Å². The van der Waals surface area contributed by atoms with Crippen LogP contribution in [0.15, 0.2) is 41.3 Å². The Morgan fingerprint density at radius 1 is 1.09 bits per heavy atom. The molecule has 1 amide bonds. The summed E-state index contributed by atoms with van der Waals surface area (Å²) in [7, 11) is -2.36. The van der Waals surface area contributed by atoms with Crippen molar-refractivity contribution < 1.29 is 13.2 Å². The molecule has 2 aromatic carbocycles. The van der Waals surface area contributed by atoms with Gasteiger partial charge >= 0.3 is 0 Å². The van der Waals surface area contributed by atoms with Gasteiger partial charge in [-0.25, -0.2) is 8.42 Å². The third-order valence-corrected chi connectivity index (χ3v) is 5.01.